The molecule has 7 heteroatoms. The molecule has 1 aliphatic rings. The molecule has 31 heavy (non-hydrogen) atoms. The molecule has 0 amide bonds. The average Bonchev–Trinajstić information content (AvgIpc) is 3.21. The van der Waals surface area contributed by atoms with Crippen LogP contribution in [0.5, 0.6) is 11.5 Å². The topological polar surface area (TPSA) is 68.0 Å². The van der Waals surface area contributed by atoms with E-state index in [-0.39, 0.29) is 12.4 Å². The molecule has 1 N–H and O–H groups in total. The van der Waals surface area contributed by atoms with Crippen LogP contribution in [-0.4, -0.2) is 55.1 Å². The van der Waals surface area contributed by atoms with Gasteiger partial charge in [0.1, 0.15) is 17.1 Å². The van der Waals surface area contributed by atoms with Crippen molar-refractivity contribution in [1.29, 1.82) is 0 Å². The van der Waals surface area contributed by atoms with E-state index in [9.17, 15) is 4.39 Å². The molecule has 1 aliphatic heterocycles. The van der Waals surface area contributed by atoms with E-state index in [0.29, 0.717) is 30.2 Å². The van der Waals surface area contributed by atoms with Gasteiger partial charge in [0.15, 0.2) is 11.5 Å². The Bertz CT molecular complexity index is 998. The van der Waals surface area contributed by atoms with Crippen LogP contribution >= 0.6 is 0 Å². The van der Waals surface area contributed by atoms with Crippen LogP contribution in [0, 0.1) is 5.82 Å². The van der Waals surface area contributed by atoms with Crippen LogP contribution in [0.15, 0.2) is 40.9 Å². The number of fused-ring (bicyclic) bond motifs is 1. The Morgan fingerprint density at radius 2 is 2.00 bits per heavy atom. The molecule has 4 rings (SSSR count). The molecule has 0 spiro atoms. The number of likely N-dealkylation sites (tertiary alicyclic amines) is 1. The zero-order valence-corrected chi connectivity index (χ0v) is 17.8. The van der Waals surface area contributed by atoms with Gasteiger partial charge in [-0.3, -0.25) is 0 Å². The number of rotatable bonds is 9. The highest BCUT2D eigenvalue weighted by Crippen LogP contribution is 2.33. The van der Waals surface area contributed by atoms with Crippen molar-refractivity contribution in [2.45, 2.75) is 31.6 Å². The van der Waals surface area contributed by atoms with Crippen molar-refractivity contribution < 1.29 is 23.5 Å². The summed E-state index contributed by atoms with van der Waals surface area (Å²) in [5, 5.41) is 14.0. The zero-order valence-electron chi connectivity index (χ0n) is 17.8. The number of ether oxygens (including phenoxy) is 2. The van der Waals surface area contributed by atoms with Gasteiger partial charge in [-0.15, -0.1) is 0 Å². The van der Waals surface area contributed by atoms with Crippen molar-refractivity contribution in [2.75, 3.05) is 40.0 Å². The Labute approximate surface area is 181 Å². The summed E-state index contributed by atoms with van der Waals surface area (Å²) in [7, 11) is 1.63. The number of hydrogen-bond acceptors (Lipinski definition) is 6. The van der Waals surface area contributed by atoms with Crippen LogP contribution in [0.25, 0.3) is 10.9 Å². The number of aromatic nitrogens is 1. The predicted molar refractivity (Wildman–Crippen MR) is 116 cm³/mol. The van der Waals surface area contributed by atoms with Crippen molar-refractivity contribution in [3.05, 3.63) is 53.5 Å². The van der Waals surface area contributed by atoms with Gasteiger partial charge in [0.05, 0.1) is 13.7 Å². The quantitative estimate of drug-likeness (QED) is 0.516. The van der Waals surface area contributed by atoms with E-state index in [1.54, 1.807) is 13.2 Å². The van der Waals surface area contributed by atoms with Crippen molar-refractivity contribution in [3.8, 4) is 11.5 Å². The average molecular weight is 429 g/mol. The number of nitrogens with zero attached hydrogens (tertiary/aromatic N) is 2. The summed E-state index contributed by atoms with van der Waals surface area (Å²) in [4.78, 5) is 2.44. The summed E-state index contributed by atoms with van der Waals surface area (Å²) in [5.74, 6) is 2.35. The first-order valence-corrected chi connectivity index (χ1v) is 10.9. The maximum atomic E-state index is 13.4. The second-order valence-electron chi connectivity index (χ2n) is 7.99. The molecule has 0 aliphatic carbocycles. The first-order chi connectivity index (χ1) is 15.2. The van der Waals surface area contributed by atoms with E-state index in [4.69, 9.17) is 19.1 Å². The maximum absolute atomic E-state index is 13.4. The van der Waals surface area contributed by atoms with Gasteiger partial charge in [-0.2, -0.15) is 0 Å². The fourth-order valence-corrected chi connectivity index (χ4v) is 4.24. The molecular formula is C24H29FN2O4. The van der Waals surface area contributed by atoms with Crippen LogP contribution in [0.2, 0.25) is 0 Å². The molecule has 6 nitrogen and oxygen atoms in total. The van der Waals surface area contributed by atoms with Crippen LogP contribution in [-0.2, 0) is 6.42 Å². The molecule has 0 saturated carbocycles. The van der Waals surface area contributed by atoms with Crippen LogP contribution in [0.4, 0.5) is 4.39 Å². The van der Waals surface area contributed by atoms with E-state index in [1.165, 1.54) is 12.1 Å². The minimum absolute atomic E-state index is 0.116. The molecule has 1 saturated heterocycles. The molecule has 2 aromatic carbocycles. The fourth-order valence-electron chi connectivity index (χ4n) is 4.24. The number of aliphatic hydroxyl groups is 1. The van der Waals surface area contributed by atoms with E-state index in [0.717, 1.165) is 61.4 Å². The van der Waals surface area contributed by atoms with E-state index < -0.39 is 0 Å². The third kappa shape index (κ3) is 5.17. The molecule has 0 unspecified atom stereocenters. The third-order valence-electron chi connectivity index (χ3n) is 5.93. The first-order valence-electron chi connectivity index (χ1n) is 10.9. The van der Waals surface area contributed by atoms with E-state index in [1.807, 2.05) is 18.2 Å². The highest BCUT2D eigenvalue weighted by molar-refractivity contribution is 5.80. The molecule has 0 atom stereocenters. The van der Waals surface area contributed by atoms with Gasteiger partial charge in [-0.05, 0) is 68.6 Å². The van der Waals surface area contributed by atoms with Crippen molar-refractivity contribution in [2.24, 2.45) is 0 Å². The highest BCUT2D eigenvalue weighted by atomic mass is 19.1. The molecule has 0 radical (unpaired) electrons. The summed E-state index contributed by atoms with van der Waals surface area (Å²) in [6.07, 6.45) is 3.54. The zero-order chi connectivity index (χ0) is 21.6. The molecule has 1 aromatic heterocycles. The first kappa shape index (κ1) is 21.6. The van der Waals surface area contributed by atoms with Gasteiger partial charge in [-0.25, -0.2) is 4.39 Å². The minimum atomic E-state index is -0.289. The normalized spacial score (nSPS) is 15.5. The Morgan fingerprint density at radius 1 is 1.16 bits per heavy atom. The molecule has 3 aromatic rings. The van der Waals surface area contributed by atoms with E-state index >= 15 is 0 Å². The fraction of sp³-hybridized carbons (Fsp3) is 0.458. The van der Waals surface area contributed by atoms with Crippen LogP contribution in [0.3, 0.4) is 0 Å². The Morgan fingerprint density at radius 3 is 2.77 bits per heavy atom. The smallest absolute Gasteiger partial charge is 0.161 e. The lowest BCUT2D eigenvalue weighted by Crippen LogP contribution is -2.34. The highest BCUT2D eigenvalue weighted by Gasteiger charge is 2.25. The Balaban J connectivity index is 1.23. The van der Waals surface area contributed by atoms with Gasteiger partial charge in [0.25, 0.3) is 0 Å². The van der Waals surface area contributed by atoms with Gasteiger partial charge < -0.3 is 24.0 Å². The summed E-state index contributed by atoms with van der Waals surface area (Å²) < 4.78 is 30.3. The van der Waals surface area contributed by atoms with Gasteiger partial charge in [-0.1, -0.05) is 11.2 Å². The lowest BCUT2D eigenvalue weighted by atomic mass is 9.92. The van der Waals surface area contributed by atoms with Crippen molar-refractivity contribution >= 4 is 10.9 Å². The number of piperidine rings is 1. The second kappa shape index (κ2) is 10.1. The SMILES string of the molecule is COc1cc(CCO)ccc1OCCCN1CCC(c2onc3cc(F)ccc23)CC1. The molecule has 166 valence electrons. The second-order valence-corrected chi connectivity index (χ2v) is 7.99. The number of hydrogen-bond donors (Lipinski definition) is 1. The number of benzene rings is 2. The number of halogens is 1. The van der Waals surface area contributed by atoms with Gasteiger partial charge in [0, 0.05) is 30.5 Å². The van der Waals surface area contributed by atoms with Gasteiger partial charge >= 0.3 is 0 Å². The summed E-state index contributed by atoms with van der Waals surface area (Å²) in [6.45, 7) is 3.69. The predicted octanol–water partition coefficient (Wildman–Crippen LogP) is 4.16. The maximum Gasteiger partial charge on any atom is 0.161 e. The molecule has 0 bridgehead atoms. The minimum Gasteiger partial charge on any atom is -0.493 e. The van der Waals surface area contributed by atoms with Crippen molar-refractivity contribution in [1.82, 2.24) is 10.1 Å². The summed E-state index contributed by atoms with van der Waals surface area (Å²) in [6, 6.07) is 10.4. The third-order valence-corrected chi connectivity index (χ3v) is 5.93. The summed E-state index contributed by atoms with van der Waals surface area (Å²) in [5.41, 5.74) is 1.62. The van der Waals surface area contributed by atoms with Gasteiger partial charge in [0.2, 0.25) is 0 Å². The standard InChI is InChI=1S/C24H29FN2O4/c1-29-23-15-17(9-13-28)3-6-22(23)30-14-2-10-27-11-7-18(8-12-27)24-20-5-4-19(25)16-21(20)26-31-24/h3-6,15-16,18,28H,2,7-14H2,1H3. The monoisotopic (exact) mass is 428 g/mol. The number of methoxy groups -OCH3 is 1. The Kier molecular flexibility index (Phi) is 7.04. The van der Waals surface area contributed by atoms with Crippen LogP contribution in [0.1, 0.15) is 36.5 Å². The van der Waals surface area contributed by atoms with Crippen LogP contribution < -0.4 is 9.47 Å². The molecule has 2 heterocycles. The lowest BCUT2D eigenvalue weighted by Gasteiger charge is -2.30. The van der Waals surface area contributed by atoms with E-state index in [2.05, 4.69) is 10.1 Å². The van der Waals surface area contributed by atoms with Crippen molar-refractivity contribution in [3.63, 3.8) is 0 Å². The Hall–Kier alpha value is -2.64. The largest absolute Gasteiger partial charge is 0.493 e. The summed E-state index contributed by atoms with van der Waals surface area (Å²) >= 11 is 0. The molecule has 1 fully saturated rings. The lowest BCUT2D eigenvalue weighted by molar-refractivity contribution is 0.181. The molecular weight excluding hydrogens is 399 g/mol. The number of aliphatic hydroxyl groups excluding tert-OH is 1.